The second kappa shape index (κ2) is 6.74. The van der Waals surface area contributed by atoms with E-state index in [4.69, 9.17) is 10.8 Å². The molecule has 0 fully saturated rings. The molecule has 3 N–H and O–H groups in total. The van der Waals surface area contributed by atoms with E-state index in [0.717, 1.165) is 16.5 Å². The molecule has 0 bridgehead atoms. The fraction of sp³-hybridized carbons (Fsp3) is 0.417. The highest BCUT2D eigenvalue weighted by atomic mass is 79.9. The van der Waals surface area contributed by atoms with Crippen molar-refractivity contribution in [3.8, 4) is 0 Å². The van der Waals surface area contributed by atoms with Crippen LogP contribution in [0.15, 0.2) is 28.7 Å². The molecule has 0 aliphatic heterocycles. The van der Waals surface area contributed by atoms with E-state index in [2.05, 4.69) is 15.9 Å². The average molecular weight is 301 g/mol. The Kier molecular flexibility index (Phi) is 5.61. The number of benzene rings is 1. The lowest BCUT2D eigenvalue weighted by Gasteiger charge is -2.20. The molecule has 1 atom stereocenters. The first-order chi connectivity index (χ1) is 8.06. The van der Waals surface area contributed by atoms with Crippen LogP contribution in [-0.4, -0.2) is 42.2 Å². The Labute approximate surface area is 110 Å². The number of carbonyl (C=O) groups is 1. The normalized spacial score (nSPS) is 12.2. The van der Waals surface area contributed by atoms with Gasteiger partial charge in [-0.3, -0.25) is 4.79 Å². The minimum Gasteiger partial charge on any atom is -0.394 e. The summed E-state index contributed by atoms with van der Waals surface area (Å²) in [5.74, 6) is -0.237. The summed E-state index contributed by atoms with van der Waals surface area (Å²) >= 11 is 3.46. The van der Waals surface area contributed by atoms with Gasteiger partial charge in [0.2, 0.25) is 5.91 Å². The van der Waals surface area contributed by atoms with E-state index in [-0.39, 0.29) is 12.5 Å². The van der Waals surface area contributed by atoms with Gasteiger partial charge in [0.15, 0.2) is 0 Å². The summed E-state index contributed by atoms with van der Waals surface area (Å²) in [4.78, 5) is 13.2. The van der Waals surface area contributed by atoms with Crippen molar-refractivity contribution in [1.29, 1.82) is 0 Å². The van der Waals surface area contributed by atoms with Crippen LogP contribution in [0.4, 0.5) is 0 Å². The Balaban J connectivity index is 2.51. The van der Waals surface area contributed by atoms with Gasteiger partial charge in [-0.05, 0) is 18.1 Å². The lowest BCUT2D eigenvalue weighted by molar-refractivity contribution is -0.132. The molecule has 0 aromatic heterocycles. The number of likely N-dealkylation sites (N-methyl/N-ethyl adjacent to an activating group) is 1. The first kappa shape index (κ1) is 14.2. The van der Waals surface area contributed by atoms with Gasteiger partial charge in [0.05, 0.1) is 6.61 Å². The molecule has 17 heavy (non-hydrogen) atoms. The number of nitrogens with two attached hydrogens (primary N) is 1. The first-order valence-electron chi connectivity index (χ1n) is 5.41. The minimum atomic E-state index is -0.820. The number of halogens is 1. The van der Waals surface area contributed by atoms with Crippen LogP contribution in [0.3, 0.4) is 0 Å². The standard InChI is InChI=1S/C12H17BrN2O2/c1-15(12(17)11(14)8-16)7-6-9-4-2-3-5-10(9)13/h2-5,11,16H,6-8,14H2,1H3. The van der Waals surface area contributed by atoms with Gasteiger partial charge < -0.3 is 15.7 Å². The van der Waals surface area contributed by atoms with E-state index in [1.165, 1.54) is 0 Å². The van der Waals surface area contributed by atoms with E-state index in [9.17, 15) is 4.79 Å². The van der Waals surface area contributed by atoms with Crippen molar-refractivity contribution in [1.82, 2.24) is 4.90 Å². The van der Waals surface area contributed by atoms with Crippen molar-refractivity contribution in [2.45, 2.75) is 12.5 Å². The van der Waals surface area contributed by atoms with Crippen molar-refractivity contribution in [2.75, 3.05) is 20.2 Å². The van der Waals surface area contributed by atoms with E-state index in [1.54, 1.807) is 11.9 Å². The lowest BCUT2D eigenvalue weighted by Crippen LogP contribution is -2.44. The largest absolute Gasteiger partial charge is 0.394 e. The molecule has 5 heteroatoms. The average Bonchev–Trinajstić information content (AvgIpc) is 2.35. The van der Waals surface area contributed by atoms with Gasteiger partial charge in [-0.1, -0.05) is 34.1 Å². The van der Waals surface area contributed by atoms with E-state index < -0.39 is 6.04 Å². The van der Waals surface area contributed by atoms with Crippen molar-refractivity contribution >= 4 is 21.8 Å². The maximum Gasteiger partial charge on any atom is 0.241 e. The van der Waals surface area contributed by atoms with Crippen LogP contribution >= 0.6 is 15.9 Å². The molecule has 0 heterocycles. The quantitative estimate of drug-likeness (QED) is 0.844. The summed E-state index contributed by atoms with van der Waals surface area (Å²) < 4.78 is 1.03. The number of hydrogen-bond acceptors (Lipinski definition) is 3. The smallest absolute Gasteiger partial charge is 0.241 e. The molecule has 4 nitrogen and oxygen atoms in total. The zero-order valence-electron chi connectivity index (χ0n) is 9.77. The fourth-order valence-corrected chi connectivity index (χ4v) is 1.94. The number of aliphatic hydroxyl groups is 1. The van der Waals surface area contributed by atoms with Crippen LogP contribution in [-0.2, 0) is 11.2 Å². The molecular weight excluding hydrogens is 284 g/mol. The second-order valence-electron chi connectivity index (χ2n) is 3.89. The molecule has 1 amide bonds. The zero-order valence-corrected chi connectivity index (χ0v) is 11.4. The maximum absolute atomic E-state index is 11.6. The number of nitrogens with zero attached hydrogens (tertiary/aromatic N) is 1. The Morgan fingerprint density at radius 1 is 1.53 bits per heavy atom. The lowest BCUT2D eigenvalue weighted by atomic mass is 10.1. The van der Waals surface area contributed by atoms with E-state index >= 15 is 0 Å². The summed E-state index contributed by atoms with van der Waals surface area (Å²) in [5.41, 5.74) is 6.61. The van der Waals surface area contributed by atoms with Crippen LogP contribution in [0, 0.1) is 0 Å². The topological polar surface area (TPSA) is 66.6 Å². The molecule has 0 spiro atoms. The van der Waals surface area contributed by atoms with Crippen molar-refractivity contribution in [2.24, 2.45) is 5.73 Å². The van der Waals surface area contributed by atoms with Crippen LogP contribution in [0.5, 0.6) is 0 Å². The third-order valence-corrected chi connectivity index (χ3v) is 3.34. The first-order valence-corrected chi connectivity index (χ1v) is 6.20. The Morgan fingerprint density at radius 2 is 2.18 bits per heavy atom. The molecule has 0 radical (unpaired) electrons. The highest BCUT2D eigenvalue weighted by Crippen LogP contribution is 2.16. The van der Waals surface area contributed by atoms with Crippen molar-refractivity contribution in [3.63, 3.8) is 0 Å². The van der Waals surface area contributed by atoms with Gasteiger partial charge in [-0.15, -0.1) is 0 Å². The Morgan fingerprint density at radius 3 is 2.76 bits per heavy atom. The zero-order chi connectivity index (χ0) is 12.8. The number of carbonyl (C=O) groups excluding carboxylic acids is 1. The van der Waals surface area contributed by atoms with Crippen LogP contribution in [0.1, 0.15) is 5.56 Å². The third kappa shape index (κ3) is 4.11. The van der Waals surface area contributed by atoms with Gasteiger partial charge in [-0.2, -0.15) is 0 Å². The molecule has 0 saturated heterocycles. The number of aliphatic hydroxyl groups excluding tert-OH is 1. The molecule has 0 aliphatic rings. The Hall–Kier alpha value is -0.910. The molecule has 0 saturated carbocycles. The van der Waals surface area contributed by atoms with Crippen molar-refractivity contribution < 1.29 is 9.90 Å². The highest BCUT2D eigenvalue weighted by Gasteiger charge is 2.16. The summed E-state index contributed by atoms with van der Waals surface area (Å²) in [6, 6.07) is 7.07. The second-order valence-corrected chi connectivity index (χ2v) is 4.74. The predicted molar refractivity (Wildman–Crippen MR) is 70.5 cm³/mol. The van der Waals surface area contributed by atoms with Crippen LogP contribution < -0.4 is 5.73 Å². The van der Waals surface area contributed by atoms with Gasteiger partial charge >= 0.3 is 0 Å². The monoisotopic (exact) mass is 300 g/mol. The summed E-state index contributed by atoms with van der Waals surface area (Å²) in [6.45, 7) is 0.257. The minimum absolute atomic E-state index is 0.237. The fourth-order valence-electron chi connectivity index (χ4n) is 1.46. The molecule has 0 aliphatic carbocycles. The molecule has 1 aromatic carbocycles. The molecule has 94 valence electrons. The molecular formula is C12H17BrN2O2. The molecule has 1 unspecified atom stereocenters. The summed E-state index contributed by atoms with van der Waals surface area (Å²) in [7, 11) is 1.69. The SMILES string of the molecule is CN(CCc1ccccc1Br)C(=O)C(N)CO. The molecule has 1 aromatic rings. The summed E-state index contributed by atoms with van der Waals surface area (Å²) in [5, 5.41) is 8.80. The third-order valence-electron chi connectivity index (χ3n) is 2.56. The predicted octanol–water partition coefficient (Wildman–Crippen LogP) is 0.770. The molecule has 1 rings (SSSR count). The number of hydrogen-bond donors (Lipinski definition) is 2. The van der Waals surface area contributed by atoms with Crippen LogP contribution in [0.2, 0.25) is 0 Å². The number of amides is 1. The number of rotatable bonds is 5. The van der Waals surface area contributed by atoms with E-state index in [0.29, 0.717) is 6.54 Å². The maximum atomic E-state index is 11.6. The summed E-state index contributed by atoms with van der Waals surface area (Å²) in [6.07, 6.45) is 0.752. The van der Waals surface area contributed by atoms with Crippen LogP contribution in [0.25, 0.3) is 0 Å². The highest BCUT2D eigenvalue weighted by molar-refractivity contribution is 9.10. The van der Waals surface area contributed by atoms with Gasteiger partial charge in [-0.25, -0.2) is 0 Å². The Bertz CT molecular complexity index is 385. The van der Waals surface area contributed by atoms with Gasteiger partial charge in [0, 0.05) is 18.1 Å². The van der Waals surface area contributed by atoms with Gasteiger partial charge in [0.1, 0.15) is 6.04 Å². The van der Waals surface area contributed by atoms with Crippen molar-refractivity contribution in [3.05, 3.63) is 34.3 Å². The van der Waals surface area contributed by atoms with Gasteiger partial charge in [0.25, 0.3) is 0 Å². The van der Waals surface area contributed by atoms with E-state index in [1.807, 2.05) is 24.3 Å².